The molecule has 1 aromatic carbocycles. The fourth-order valence-electron chi connectivity index (χ4n) is 8.33. The molecular formula is C47H74N14O14. The highest BCUT2D eigenvalue weighted by molar-refractivity contribution is 5.97. The Morgan fingerprint density at radius 2 is 1.21 bits per heavy atom. The average molecular weight is 1060 g/mol. The van der Waals surface area contributed by atoms with E-state index in [-0.39, 0.29) is 70.5 Å². The van der Waals surface area contributed by atoms with Crippen LogP contribution >= 0.6 is 0 Å². The summed E-state index contributed by atoms with van der Waals surface area (Å²) in [4.78, 5) is 146. The van der Waals surface area contributed by atoms with Gasteiger partial charge in [0.05, 0.1) is 37.9 Å². The van der Waals surface area contributed by atoms with Crippen LogP contribution in [0, 0.1) is 11.3 Å². The Kier molecular flexibility index (Phi) is 25.3. The Morgan fingerprint density at radius 1 is 0.667 bits per heavy atom. The molecule has 0 spiro atoms. The fraction of sp³-hybridized carbons (Fsp3) is 0.617. The number of β-amino-alcohol motifs (C(OH)–C–C–N with tert-alkyl or cyclic N) is 2. The summed E-state index contributed by atoms with van der Waals surface area (Å²) < 4.78 is 0. The molecule has 416 valence electrons. The highest BCUT2D eigenvalue weighted by Crippen LogP contribution is 2.22. The lowest BCUT2D eigenvalue weighted by Gasteiger charge is -2.29. The highest BCUT2D eigenvalue weighted by Gasteiger charge is 2.43. The van der Waals surface area contributed by atoms with Crippen LogP contribution in [0.2, 0.25) is 0 Å². The zero-order chi connectivity index (χ0) is 55.9. The van der Waals surface area contributed by atoms with Crippen LogP contribution in [0.5, 0.6) is 0 Å². The fourth-order valence-corrected chi connectivity index (χ4v) is 8.33. The van der Waals surface area contributed by atoms with Gasteiger partial charge in [-0.3, -0.25) is 53.4 Å². The maximum absolute atomic E-state index is 13.8. The minimum atomic E-state index is -1.44. The Hall–Kier alpha value is -7.46. The molecule has 28 nitrogen and oxygen atoms in total. The van der Waals surface area contributed by atoms with E-state index in [4.69, 9.17) is 22.6 Å². The number of carboxylic acids is 1. The second kappa shape index (κ2) is 30.7. The molecule has 1 aromatic rings. The van der Waals surface area contributed by atoms with Crippen molar-refractivity contribution in [1.82, 2.24) is 52.3 Å². The molecule has 3 rings (SSSR count). The first-order valence-corrected chi connectivity index (χ1v) is 24.8. The number of hydrogen-bond acceptors (Lipinski definition) is 15. The second-order valence-corrected chi connectivity index (χ2v) is 18.8. The number of aliphatic hydroxyl groups excluding tert-OH is 2. The summed E-state index contributed by atoms with van der Waals surface area (Å²) in [6.45, 7) is 2.77. The number of benzene rings is 1. The number of nitrogens with one attached hydrogen (secondary N) is 9. The molecule has 0 unspecified atom stereocenters. The van der Waals surface area contributed by atoms with E-state index >= 15 is 0 Å². The van der Waals surface area contributed by atoms with Gasteiger partial charge in [0.15, 0.2) is 5.96 Å². The summed E-state index contributed by atoms with van der Waals surface area (Å²) in [7, 11) is 0. The summed E-state index contributed by atoms with van der Waals surface area (Å²) in [5.41, 5.74) is 17.1. The normalized spacial score (nSPS) is 19.0. The van der Waals surface area contributed by atoms with Crippen molar-refractivity contribution < 1.29 is 68.1 Å². The van der Waals surface area contributed by atoms with Gasteiger partial charge in [-0.25, -0.2) is 4.79 Å². The van der Waals surface area contributed by atoms with Crippen molar-refractivity contribution in [1.29, 1.82) is 5.41 Å². The molecule has 2 fully saturated rings. The van der Waals surface area contributed by atoms with Gasteiger partial charge in [0, 0.05) is 45.3 Å². The van der Waals surface area contributed by atoms with E-state index in [1.165, 1.54) is 0 Å². The number of nitrogens with two attached hydrogens (primary N) is 3. The molecule has 75 heavy (non-hydrogen) atoms. The number of carboxylic acid groups (broad SMARTS) is 1. The van der Waals surface area contributed by atoms with Gasteiger partial charge in [-0.05, 0) is 37.2 Å². The van der Waals surface area contributed by atoms with Crippen LogP contribution in [0.25, 0.3) is 0 Å². The van der Waals surface area contributed by atoms with Gasteiger partial charge in [-0.2, -0.15) is 0 Å². The third kappa shape index (κ3) is 20.8. The topological polar surface area (TPSA) is 453 Å². The van der Waals surface area contributed by atoms with Crippen molar-refractivity contribution in [2.24, 2.45) is 23.1 Å². The number of primary amides is 1. The number of amides is 10. The Labute approximate surface area is 433 Å². The smallest absolute Gasteiger partial charge is 0.326 e. The molecule has 2 aliphatic heterocycles. The van der Waals surface area contributed by atoms with Gasteiger partial charge in [0.25, 0.3) is 0 Å². The van der Waals surface area contributed by atoms with Crippen molar-refractivity contribution in [2.45, 2.75) is 139 Å². The van der Waals surface area contributed by atoms with Crippen LogP contribution in [0.1, 0.15) is 84.1 Å². The van der Waals surface area contributed by atoms with E-state index in [0.717, 1.165) is 9.80 Å². The van der Waals surface area contributed by atoms with Gasteiger partial charge < -0.3 is 84.9 Å². The number of hydrogen-bond donors (Lipinski definition) is 15. The van der Waals surface area contributed by atoms with E-state index < -0.39 is 145 Å². The maximum Gasteiger partial charge on any atom is 0.326 e. The molecule has 2 saturated heterocycles. The first-order valence-electron chi connectivity index (χ1n) is 24.8. The lowest BCUT2D eigenvalue weighted by atomic mass is 10.0. The summed E-state index contributed by atoms with van der Waals surface area (Å²) in [5.74, 6) is -10.2. The molecule has 0 saturated carbocycles. The van der Waals surface area contributed by atoms with Crippen LogP contribution in [0.3, 0.4) is 0 Å². The van der Waals surface area contributed by atoms with Gasteiger partial charge in [0.1, 0.15) is 36.3 Å². The Balaban J connectivity index is 1.61. The minimum Gasteiger partial charge on any atom is -0.480 e. The summed E-state index contributed by atoms with van der Waals surface area (Å²) >= 11 is 0. The average Bonchev–Trinajstić information content (AvgIpc) is 3.96. The Morgan fingerprint density at radius 3 is 1.79 bits per heavy atom. The molecule has 9 atom stereocenters. The number of nitrogens with zero attached hydrogens (tertiary/aromatic N) is 2. The molecule has 0 bridgehead atoms. The van der Waals surface area contributed by atoms with E-state index in [9.17, 15) is 68.1 Å². The van der Waals surface area contributed by atoms with Crippen LogP contribution in [-0.2, 0) is 59.2 Å². The van der Waals surface area contributed by atoms with E-state index in [0.29, 0.717) is 24.8 Å². The second-order valence-electron chi connectivity index (χ2n) is 18.8. The molecule has 2 heterocycles. The maximum atomic E-state index is 13.8. The van der Waals surface area contributed by atoms with Crippen molar-refractivity contribution in [2.75, 3.05) is 39.3 Å². The lowest BCUT2D eigenvalue weighted by molar-refractivity contribution is -0.149. The van der Waals surface area contributed by atoms with Gasteiger partial charge >= 0.3 is 5.97 Å². The molecule has 2 aliphatic rings. The van der Waals surface area contributed by atoms with Crippen molar-refractivity contribution in [3.8, 4) is 0 Å². The van der Waals surface area contributed by atoms with Crippen LogP contribution in [0.15, 0.2) is 30.3 Å². The summed E-state index contributed by atoms with van der Waals surface area (Å²) in [6, 6.07) is -0.246. The number of likely N-dealkylation sites (tertiary alicyclic amines) is 2. The van der Waals surface area contributed by atoms with Crippen LogP contribution in [0.4, 0.5) is 0 Å². The number of guanidine groups is 1. The van der Waals surface area contributed by atoms with Crippen molar-refractivity contribution in [3.63, 3.8) is 0 Å². The molecular weight excluding hydrogens is 985 g/mol. The Bertz CT molecular complexity index is 2200. The lowest BCUT2D eigenvalue weighted by Crippen LogP contribution is -2.58. The third-order valence-corrected chi connectivity index (χ3v) is 12.3. The van der Waals surface area contributed by atoms with Crippen molar-refractivity contribution >= 4 is 71.0 Å². The van der Waals surface area contributed by atoms with Gasteiger partial charge in [-0.1, -0.05) is 63.9 Å². The van der Waals surface area contributed by atoms with E-state index in [1.54, 1.807) is 44.2 Å². The number of aliphatic carboxylic acids is 1. The van der Waals surface area contributed by atoms with E-state index in [2.05, 4.69) is 42.5 Å². The molecule has 0 radical (unpaired) electrons. The van der Waals surface area contributed by atoms with E-state index in [1.807, 2.05) is 6.92 Å². The summed E-state index contributed by atoms with van der Waals surface area (Å²) in [6.07, 6.45) is -1.69. The van der Waals surface area contributed by atoms with Crippen LogP contribution < -0.4 is 59.7 Å². The quantitative estimate of drug-likeness (QED) is 0.0194. The van der Waals surface area contributed by atoms with Crippen molar-refractivity contribution in [3.05, 3.63) is 35.9 Å². The minimum absolute atomic E-state index is 0.0321. The molecule has 0 aliphatic carbocycles. The SMILES string of the molecule is CCCC[C@H](NC(=O)[C@@H](NC(=O)CNC(=O)[C@@H]1C[C@@H](O)CN1C(=O)[C@H](CCC(N)=O)NC(=O)CNC(=O)[C@@H](N)CCCNC(=N)N)C(C)C)C(=O)NCC(=O)N[C@@H](Cc1ccccc1)C(=O)N1C[C@H](O)C[C@H]1C(=O)O. The molecule has 18 N–H and O–H groups in total. The van der Waals surface area contributed by atoms with Gasteiger partial charge in [-0.15, -0.1) is 0 Å². The predicted octanol–water partition coefficient (Wildman–Crippen LogP) is -5.77. The number of carbonyl (C=O) groups is 11. The molecule has 28 heteroatoms. The number of carbonyl (C=O) groups excluding carboxylic acids is 10. The first-order chi connectivity index (χ1) is 35.4. The first kappa shape index (κ1) is 61.8. The van der Waals surface area contributed by atoms with Crippen LogP contribution in [-0.4, -0.2) is 190 Å². The molecule has 10 amide bonds. The highest BCUT2D eigenvalue weighted by atomic mass is 16.4. The van der Waals surface area contributed by atoms with Gasteiger partial charge in [0.2, 0.25) is 59.1 Å². The number of aliphatic hydroxyl groups is 2. The number of rotatable bonds is 30. The largest absolute Gasteiger partial charge is 0.480 e. The number of unbranched alkanes of at least 4 members (excludes halogenated alkanes) is 1. The predicted molar refractivity (Wildman–Crippen MR) is 267 cm³/mol. The monoisotopic (exact) mass is 1060 g/mol. The molecule has 0 aromatic heterocycles. The standard InChI is InChI=1S/C47H74N14O14/c1-4-5-13-30(41(69)54-21-37(66)57-32(17-26-10-7-6-8-11-26)45(73)61-24-28(63)19-34(61)46(74)75)58-43(71)39(25(2)3)59-38(67)22-55-42(70)33-18-27(62)23-60(33)44(72)31(14-15-35(49)64)56-36(65)20-53-40(68)29(48)12-9-16-52-47(50)51/h6-8,10-11,25,27-34,39,62-63H,4-5,9,12-24,48H2,1-3H3,(H2,49,64)(H,53,68)(H,54,69)(H,55,70)(H,56,65)(H,57,66)(H,58,71)(H,59,67)(H,74,75)(H4,50,51,52)/t27-,28-,29+,30+,31+,32+,33+,34+,39+/m1/s1. The summed E-state index contributed by atoms with van der Waals surface area (Å²) in [5, 5.41) is 57.5. The zero-order valence-electron chi connectivity index (χ0n) is 42.4. The zero-order valence-corrected chi connectivity index (χ0v) is 42.4. The third-order valence-electron chi connectivity index (χ3n) is 12.3.